The third-order valence-electron chi connectivity index (χ3n) is 4.72. The molecular weight excluding hydrogens is 453 g/mol. The number of aromatic nitrogens is 2. The molecule has 2 heterocycles. The lowest BCUT2D eigenvalue weighted by Gasteiger charge is -2.26. The minimum atomic E-state index is -3.88. The van der Waals surface area contributed by atoms with E-state index < -0.39 is 21.8 Å². The van der Waals surface area contributed by atoms with Crippen molar-refractivity contribution in [2.24, 2.45) is 7.05 Å². The highest BCUT2D eigenvalue weighted by molar-refractivity contribution is 7.89. The summed E-state index contributed by atoms with van der Waals surface area (Å²) in [5.74, 6) is -1.17. The number of halogens is 2. The van der Waals surface area contributed by atoms with E-state index in [9.17, 15) is 18.0 Å². The highest BCUT2D eigenvalue weighted by Crippen LogP contribution is 2.32. The van der Waals surface area contributed by atoms with Crippen LogP contribution in [0.1, 0.15) is 40.1 Å². The number of carbonyl (C=O) groups excluding carboxylic acids is 2. The summed E-state index contributed by atoms with van der Waals surface area (Å²) in [5, 5.41) is 8.94. The first kappa shape index (κ1) is 22.5. The molecule has 2 amide bonds. The molecule has 0 saturated carbocycles. The van der Waals surface area contributed by atoms with Crippen LogP contribution in [-0.2, 0) is 17.1 Å². The van der Waals surface area contributed by atoms with Gasteiger partial charge in [0.2, 0.25) is 10.0 Å². The summed E-state index contributed by atoms with van der Waals surface area (Å²) in [4.78, 5) is 24.6. The third-order valence-corrected chi connectivity index (χ3v) is 7.39. The number of aryl methyl sites for hydroxylation is 1. The third kappa shape index (κ3) is 4.46. The largest absolute Gasteiger partial charge is 0.354 e. The summed E-state index contributed by atoms with van der Waals surface area (Å²) in [6.45, 7) is 0.794. The fourth-order valence-corrected chi connectivity index (χ4v) is 5.55. The zero-order valence-electron chi connectivity index (χ0n) is 16.4. The van der Waals surface area contributed by atoms with Crippen molar-refractivity contribution in [2.45, 2.75) is 24.2 Å². The van der Waals surface area contributed by atoms with Gasteiger partial charge in [0.1, 0.15) is 4.90 Å². The van der Waals surface area contributed by atoms with Crippen molar-refractivity contribution in [3.05, 3.63) is 39.6 Å². The van der Waals surface area contributed by atoms with Crippen molar-refractivity contribution in [3.8, 4) is 0 Å². The average Bonchev–Trinajstić information content (AvgIpc) is 3.07. The Labute approximate surface area is 184 Å². The zero-order valence-corrected chi connectivity index (χ0v) is 18.7. The maximum Gasteiger partial charge on any atom is 0.273 e. The molecule has 0 bridgehead atoms. The van der Waals surface area contributed by atoms with E-state index in [1.807, 2.05) is 0 Å². The van der Waals surface area contributed by atoms with Crippen molar-refractivity contribution in [1.82, 2.24) is 19.4 Å². The minimum Gasteiger partial charge on any atom is -0.354 e. The molecule has 0 radical (unpaired) electrons. The Balaban J connectivity index is 1.96. The standard InChI is InChI=1S/C18H21Cl2N5O4S/c1-21-18(27)16-14(10-24(2)23-16)22-17(26)11-8-15(13(20)9-12(11)19)30(28,29)25-6-4-3-5-7-25/h8-10H,3-7H2,1-2H3,(H,21,27)(H,22,26). The minimum absolute atomic E-state index is 0.0134. The molecule has 1 aliphatic rings. The van der Waals surface area contributed by atoms with Crippen LogP contribution in [0.15, 0.2) is 23.2 Å². The second-order valence-electron chi connectivity index (χ2n) is 6.83. The Bertz CT molecular complexity index is 1090. The van der Waals surface area contributed by atoms with Crippen LogP contribution in [0.4, 0.5) is 5.69 Å². The summed E-state index contributed by atoms with van der Waals surface area (Å²) in [6.07, 6.45) is 3.95. The highest BCUT2D eigenvalue weighted by atomic mass is 35.5. The van der Waals surface area contributed by atoms with Gasteiger partial charge < -0.3 is 10.6 Å². The smallest absolute Gasteiger partial charge is 0.273 e. The van der Waals surface area contributed by atoms with Gasteiger partial charge in [-0.05, 0) is 25.0 Å². The number of nitrogens with one attached hydrogen (secondary N) is 2. The number of nitrogens with zero attached hydrogens (tertiary/aromatic N) is 3. The van der Waals surface area contributed by atoms with Gasteiger partial charge in [-0.15, -0.1) is 0 Å². The van der Waals surface area contributed by atoms with Crippen LogP contribution in [0.2, 0.25) is 10.0 Å². The quantitative estimate of drug-likeness (QED) is 0.692. The summed E-state index contributed by atoms with van der Waals surface area (Å²) in [6, 6.07) is 2.40. The fourth-order valence-electron chi connectivity index (χ4n) is 3.20. The van der Waals surface area contributed by atoms with E-state index >= 15 is 0 Å². The van der Waals surface area contributed by atoms with Gasteiger partial charge in [0.15, 0.2) is 5.69 Å². The molecule has 3 rings (SSSR count). The van der Waals surface area contributed by atoms with E-state index in [1.165, 1.54) is 34.4 Å². The van der Waals surface area contributed by atoms with Gasteiger partial charge in [-0.25, -0.2) is 8.42 Å². The van der Waals surface area contributed by atoms with E-state index in [-0.39, 0.29) is 31.9 Å². The van der Waals surface area contributed by atoms with Gasteiger partial charge in [-0.3, -0.25) is 14.3 Å². The fraction of sp³-hybridized carbons (Fsp3) is 0.389. The van der Waals surface area contributed by atoms with E-state index in [0.29, 0.717) is 13.1 Å². The van der Waals surface area contributed by atoms with Crippen molar-refractivity contribution < 1.29 is 18.0 Å². The second-order valence-corrected chi connectivity index (χ2v) is 9.55. The molecule has 2 N–H and O–H groups in total. The van der Waals surface area contributed by atoms with E-state index in [2.05, 4.69) is 15.7 Å². The number of piperidine rings is 1. The van der Waals surface area contributed by atoms with Crippen molar-refractivity contribution in [2.75, 3.05) is 25.5 Å². The molecular formula is C18H21Cl2N5O4S. The molecule has 1 aliphatic heterocycles. The maximum absolute atomic E-state index is 13.0. The van der Waals surface area contributed by atoms with Crippen molar-refractivity contribution in [1.29, 1.82) is 0 Å². The van der Waals surface area contributed by atoms with Crippen LogP contribution >= 0.6 is 23.2 Å². The lowest BCUT2D eigenvalue weighted by molar-refractivity contribution is 0.0958. The topological polar surface area (TPSA) is 113 Å². The average molecular weight is 474 g/mol. The van der Waals surface area contributed by atoms with Crippen molar-refractivity contribution >= 4 is 50.7 Å². The first-order chi connectivity index (χ1) is 14.1. The molecule has 30 heavy (non-hydrogen) atoms. The number of carbonyl (C=O) groups is 2. The molecule has 2 aromatic rings. The number of rotatable bonds is 5. The Kier molecular flexibility index (Phi) is 6.71. The summed E-state index contributed by atoms with van der Waals surface area (Å²) in [5.41, 5.74) is 0.0938. The van der Waals surface area contributed by atoms with Gasteiger partial charge in [0.25, 0.3) is 11.8 Å². The molecule has 1 aromatic carbocycles. The molecule has 0 atom stereocenters. The Morgan fingerprint density at radius 1 is 1.07 bits per heavy atom. The van der Waals surface area contributed by atoms with Crippen LogP contribution in [0.3, 0.4) is 0 Å². The molecule has 162 valence electrons. The number of hydrogen-bond donors (Lipinski definition) is 2. The Morgan fingerprint density at radius 2 is 1.73 bits per heavy atom. The monoisotopic (exact) mass is 473 g/mol. The van der Waals surface area contributed by atoms with E-state index in [1.54, 1.807) is 7.05 Å². The molecule has 9 nitrogen and oxygen atoms in total. The molecule has 0 spiro atoms. The van der Waals surface area contributed by atoms with E-state index in [4.69, 9.17) is 23.2 Å². The second kappa shape index (κ2) is 8.93. The predicted molar refractivity (Wildman–Crippen MR) is 114 cm³/mol. The van der Waals surface area contributed by atoms with Crippen LogP contribution in [0.5, 0.6) is 0 Å². The molecule has 12 heteroatoms. The van der Waals surface area contributed by atoms with Gasteiger partial charge in [0, 0.05) is 33.4 Å². The molecule has 1 aromatic heterocycles. The highest BCUT2D eigenvalue weighted by Gasteiger charge is 2.30. The lowest BCUT2D eigenvalue weighted by Crippen LogP contribution is -2.35. The number of amides is 2. The normalized spacial score (nSPS) is 15.1. The number of anilines is 1. The van der Waals surface area contributed by atoms with Gasteiger partial charge in [-0.1, -0.05) is 29.6 Å². The Hall–Kier alpha value is -2.14. The lowest BCUT2D eigenvalue weighted by atomic mass is 10.2. The van der Waals surface area contributed by atoms with Crippen LogP contribution in [0, 0.1) is 0 Å². The van der Waals surface area contributed by atoms with Gasteiger partial charge in [-0.2, -0.15) is 9.40 Å². The first-order valence-electron chi connectivity index (χ1n) is 9.21. The van der Waals surface area contributed by atoms with Crippen LogP contribution in [0.25, 0.3) is 0 Å². The van der Waals surface area contributed by atoms with Crippen LogP contribution < -0.4 is 10.6 Å². The zero-order chi connectivity index (χ0) is 22.1. The number of benzene rings is 1. The van der Waals surface area contributed by atoms with E-state index in [0.717, 1.165) is 19.3 Å². The Morgan fingerprint density at radius 3 is 2.37 bits per heavy atom. The van der Waals surface area contributed by atoms with Gasteiger partial charge >= 0.3 is 0 Å². The molecule has 0 aliphatic carbocycles. The molecule has 1 saturated heterocycles. The van der Waals surface area contributed by atoms with Gasteiger partial charge in [0.05, 0.1) is 21.3 Å². The maximum atomic E-state index is 13.0. The molecule has 0 unspecified atom stereocenters. The molecule has 1 fully saturated rings. The number of hydrogen-bond acceptors (Lipinski definition) is 5. The number of sulfonamides is 1. The summed E-state index contributed by atoms with van der Waals surface area (Å²) < 4.78 is 28.8. The summed E-state index contributed by atoms with van der Waals surface area (Å²) in [7, 11) is -0.839. The predicted octanol–water partition coefficient (Wildman–Crippen LogP) is 2.51. The SMILES string of the molecule is CNC(=O)c1nn(C)cc1NC(=O)c1cc(S(=O)(=O)N2CCCCC2)c(Cl)cc1Cl. The summed E-state index contributed by atoms with van der Waals surface area (Å²) >= 11 is 12.4. The van der Waals surface area contributed by atoms with Crippen molar-refractivity contribution in [3.63, 3.8) is 0 Å². The van der Waals surface area contributed by atoms with Crippen LogP contribution in [-0.4, -0.2) is 54.5 Å². The first-order valence-corrected chi connectivity index (χ1v) is 11.4.